The first kappa shape index (κ1) is 14.5. The molecular formula is C14H20O4. The summed E-state index contributed by atoms with van der Waals surface area (Å²) in [6.07, 6.45) is 5.18. The second kappa shape index (κ2) is 6.38. The molecule has 0 amide bonds. The van der Waals surface area contributed by atoms with Crippen molar-refractivity contribution in [1.82, 2.24) is 0 Å². The van der Waals surface area contributed by atoms with Gasteiger partial charge in [-0.25, -0.2) is 4.79 Å². The SMILES string of the molecule is COC(=O)/C=C(/C)C1CCC(C)=CC1C(=O)OC. The van der Waals surface area contributed by atoms with E-state index in [0.29, 0.717) is 0 Å². The molecule has 18 heavy (non-hydrogen) atoms. The van der Waals surface area contributed by atoms with E-state index >= 15 is 0 Å². The molecule has 1 aliphatic carbocycles. The molecule has 0 heterocycles. The standard InChI is InChI=1S/C14H20O4/c1-9-5-6-11(10(2)8-13(15)17-3)12(7-9)14(16)18-4/h7-8,11-12H,5-6H2,1-4H3/b10-8-. The third-order valence-corrected chi connectivity index (χ3v) is 3.35. The lowest BCUT2D eigenvalue weighted by Gasteiger charge is -2.28. The molecule has 4 nitrogen and oxygen atoms in total. The van der Waals surface area contributed by atoms with E-state index in [1.807, 2.05) is 19.9 Å². The molecule has 0 aromatic rings. The molecule has 0 spiro atoms. The molecule has 0 fully saturated rings. The first-order valence-corrected chi connectivity index (χ1v) is 6.00. The molecule has 0 radical (unpaired) electrons. The van der Waals surface area contributed by atoms with Crippen molar-refractivity contribution in [3.05, 3.63) is 23.3 Å². The Kier molecular flexibility index (Phi) is 5.13. The summed E-state index contributed by atoms with van der Waals surface area (Å²) in [6, 6.07) is 0. The summed E-state index contributed by atoms with van der Waals surface area (Å²) < 4.78 is 9.43. The van der Waals surface area contributed by atoms with Gasteiger partial charge in [0.2, 0.25) is 0 Å². The molecule has 0 aliphatic heterocycles. The van der Waals surface area contributed by atoms with Crippen molar-refractivity contribution in [3.8, 4) is 0 Å². The van der Waals surface area contributed by atoms with E-state index < -0.39 is 0 Å². The molecule has 2 atom stereocenters. The number of esters is 2. The van der Waals surface area contributed by atoms with Crippen LogP contribution in [0.3, 0.4) is 0 Å². The first-order valence-electron chi connectivity index (χ1n) is 6.00. The minimum absolute atomic E-state index is 0.0141. The van der Waals surface area contributed by atoms with E-state index in [1.54, 1.807) is 0 Å². The van der Waals surface area contributed by atoms with Crippen LogP contribution in [0, 0.1) is 11.8 Å². The third-order valence-electron chi connectivity index (χ3n) is 3.35. The topological polar surface area (TPSA) is 52.6 Å². The molecule has 0 N–H and O–H groups in total. The van der Waals surface area contributed by atoms with Crippen LogP contribution in [0.4, 0.5) is 0 Å². The van der Waals surface area contributed by atoms with Gasteiger partial charge in [0.05, 0.1) is 20.1 Å². The van der Waals surface area contributed by atoms with Crippen molar-refractivity contribution < 1.29 is 19.1 Å². The van der Waals surface area contributed by atoms with Gasteiger partial charge in [-0.3, -0.25) is 4.79 Å². The average molecular weight is 252 g/mol. The van der Waals surface area contributed by atoms with Crippen molar-refractivity contribution in [3.63, 3.8) is 0 Å². The van der Waals surface area contributed by atoms with E-state index in [4.69, 9.17) is 4.74 Å². The van der Waals surface area contributed by atoms with Gasteiger partial charge in [0.1, 0.15) is 0 Å². The van der Waals surface area contributed by atoms with Crippen molar-refractivity contribution in [1.29, 1.82) is 0 Å². The van der Waals surface area contributed by atoms with Gasteiger partial charge in [0, 0.05) is 6.08 Å². The Morgan fingerprint density at radius 2 is 2.00 bits per heavy atom. The number of rotatable bonds is 3. The quantitative estimate of drug-likeness (QED) is 0.439. The molecular weight excluding hydrogens is 232 g/mol. The van der Waals surface area contributed by atoms with Gasteiger partial charge in [0.25, 0.3) is 0 Å². The van der Waals surface area contributed by atoms with E-state index in [2.05, 4.69) is 4.74 Å². The molecule has 2 unspecified atom stereocenters. The number of methoxy groups -OCH3 is 2. The normalized spacial score (nSPS) is 24.2. The van der Waals surface area contributed by atoms with Crippen LogP contribution in [0.15, 0.2) is 23.3 Å². The summed E-state index contributed by atoms with van der Waals surface area (Å²) in [7, 11) is 2.73. The van der Waals surface area contributed by atoms with Crippen LogP contribution in [0.1, 0.15) is 26.7 Å². The number of allylic oxidation sites excluding steroid dienone is 2. The summed E-state index contributed by atoms with van der Waals surface area (Å²) in [5.74, 6) is -0.927. The monoisotopic (exact) mass is 252 g/mol. The summed E-state index contributed by atoms with van der Waals surface area (Å²) in [6.45, 7) is 3.86. The van der Waals surface area contributed by atoms with Crippen molar-refractivity contribution in [2.24, 2.45) is 11.8 Å². The summed E-state index contributed by atoms with van der Waals surface area (Å²) in [5.41, 5.74) is 2.05. The Labute approximate surface area is 108 Å². The van der Waals surface area contributed by atoms with Gasteiger partial charge in [0.15, 0.2) is 0 Å². The zero-order valence-electron chi connectivity index (χ0n) is 11.4. The summed E-state index contributed by atoms with van der Waals surface area (Å²) in [4.78, 5) is 23.0. The van der Waals surface area contributed by atoms with E-state index in [1.165, 1.54) is 25.9 Å². The van der Waals surface area contributed by atoms with E-state index in [0.717, 1.165) is 18.4 Å². The van der Waals surface area contributed by atoms with Crippen LogP contribution in [-0.2, 0) is 19.1 Å². The number of hydrogen-bond acceptors (Lipinski definition) is 4. The molecule has 0 aromatic heterocycles. The lowest BCUT2D eigenvalue weighted by Crippen LogP contribution is -2.27. The molecule has 0 saturated heterocycles. The average Bonchev–Trinajstić information content (AvgIpc) is 2.37. The maximum Gasteiger partial charge on any atom is 0.330 e. The minimum atomic E-state index is -0.387. The Morgan fingerprint density at radius 3 is 2.56 bits per heavy atom. The number of carbonyl (C=O) groups excluding carboxylic acids is 2. The highest BCUT2D eigenvalue weighted by molar-refractivity contribution is 5.83. The van der Waals surface area contributed by atoms with Gasteiger partial charge in [-0.2, -0.15) is 0 Å². The van der Waals surface area contributed by atoms with Crippen LogP contribution >= 0.6 is 0 Å². The van der Waals surface area contributed by atoms with Gasteiger partial charge < -0.3 is 9.47 Å². The van der Waals surface area contributed by atoms with E-state index in [-0.39, 0.29) is 23.8 Å². The van der Waals surface area contributed by atoms with E-state index in [9.17, 15) is 9.59 Å². The minimum Gasteiger partial charge on any atom is -0.469 e. The largest absolute Gasteiger partial charge is 0.469 e. The highest BCUT2D eigenvalue weighted by atomic mass is 16.5. The summed E-state index contributed by atoms with van der Waals surface area (Å²) in [5, 5.41) is 0. The lowest BCUT2D eigenvalue weighted by molar-refractivity contribution is -0.145. The van der Waals surface area contributed by atoms with Gasteiger partial charge in [-0.1, -0.05) is 17.2 Å². The number of ether oxygens (including phenoxy) is 2. The maximum atomic E-state index is 11.8. The molecule has 0 saturated carbocycles. The maximum absolute atomic E-state index is 11.8. The Bertz CT molecular complexity index is 393. The summed E-state index contributed by atoms with van der Waals surface area (Å²) >= 11 is 0. The van der Waals surface area contributed by atoms with Gasteiger partial charge in [-0.05, 0) is 32.6 Å². The first-order chi connectivity index (χ1) is 8.49. The second-order valence-corrected chi connectivity index (χ2v) is 4.62. The molecule has 100 valence electrons. The van der Waals surface area contributed by atoms with Crippen LogP contribution in [-0.4, -0.2) is 26.2 Å². The molecule has 4 heteroatoms. The lowest BCUT2D eigenvalue weighted by atomic mass is 9.77. The Balaban J connectivity index is 2.95. The van der Waals surface area contributed by atoms with Gasteiger partial charge in [-0.15, -0.1) is 0 Å². The second-order valence-electron chi connectivity index (χ2n) is 4.62. The number of hydrogen-bond donors (Lipinski definition) is 0. The number of carbonyl (C=O) groups is 2. The molecule has 0 aromatic carbocycles. The van der Waals surface area contributed by atoms with Crippen LogP contribution in [0.2, 0.25) is 0 Å². The highest BCUT2D eigenvalue weighted by Gasteiger charge is 2.31. The predicted molar refractivity (Wildman–Crippen MR) is 67.8 cm³/mol. The molecule has 1 rings (SSSR count). The Morgan fingerprint density at radius 1 is 1.33 bits per heavy atom. The zero-order valence-corrected chi connectivity index (χ0v) is 11.4. The van der Waals surface area contributed by atoms with Crippen LogP contribution in [0.25, 0.3) is 0 Å². The fraction of sp³-hybridized carbons (Fsp3) is 0.571. The fourth-order valence-electron chi connectivity index (χ4n) is 2.30. The smallest absolute Gasteiger partial charge is 0.330 e. The zero-order chi connectivity index (χ0) is 13.7. The third kappa shape index (κ3) is 3.45. The molecule has 0 bridgehead atoms. The van der Waals surface area contributed by atoms with Crippen LogP contribution < -0.4 is 0 Å². The molecule has 1 aliphatic rings. The van der Waals surface area contributed by atoms with Crippen molar-refractivity contribution >= 4 is 11.9 Å². The predicted octanol–water partition coefficient (Wildman–Crippen LogP) is 2.25. The Hall–Kier alpha value is -1.58. The van der Waals surface area contributed by atoms with Crippen LogP contribution in [0.5, 0.6) is 0 Å². The highest BCUT2D eigenvalue weighted by Crippen LogP contribution is 2.34. The fourth-order valence-corrected chi connectivity index (χ4v) is 2.30. The van der Waals surface area contributed by atoms with Gasteiger partial charge >= 0.3 is 11.9 Å². The van der Waals surface area contributed by atoms with Crippen molar-refractivity contribution in [2.75, 3.05) is 14.2 Å². The van der Waals surface area contributed by atoms with Crippen molar-refractivity contribution in [2.45, 2.75) is 26.7 Å².